The Bertz CT molecular complexity index is 1180. The molecular weight excluding hydrogens is 726 g/mol. The summed E-state index contributed by atoms with van der Waals surface area (Å²) in [5.74, 6) is 2.61. The van der Waals surface area contributed by atoms with E-state index < -0.39 is 53.1 Å². The van der Waals surface area contributed by atoms with E-state index >= 15 is 0 Å². The molecule has 0 aromatic carbocycles. The van der Waals surface area contributed by atoms with Crippen LogP contribution in [0.2, 0.25) is 0 Å². The normalized spacial score (nSPS) is 15.9. The zero-order valence-corrected chi connectivity index (χ0v) is 34.9. The molecule has 0 aromatic rings. The molecule has 1 aliphatic carbocycles. The number of nitrogens with one attached hydrogen (secondary N) is 5. The number of carbonyl (C=O) groups is 6. The maximum atomic E-state index is 13.2. The zero-order valence-electron chi connectivity index (χ0n) is 34.9. The lowest BCUT2D eigenvalue weighted by Crippen LogP contribution is -2.50. The summed E-state index contributed by atoms with van der Waals surface area (Å²) in [4.78, 5) is 76.1. The number of nitrogens with two attached hydrogens (primary N) is 2. The number of ether oxygens (including phenoxy) is 4. The largest absolute Gasteiger partial charge is 0.459 e. The second-order valence-corrected chi connectivity index (χ2v) is 16.4. The van der Waals surface area contributed by atoms with Crippen LogP contribution in [0.15, 0.2) is 0 Å². The van der Waals surface area contributed by atoms with Gasteiger partial charge in [0.1, 0.15) is 35.9 Å². The number of hydrazine groups is 1. The van der Waals surface area contributed by atoms with Crippen molar-refractivity contribution in [3.63, 3.8) is 0 Å². The first-order valence-corrected chi connectivity index (χ1v) is 20.4. The van der Waals surface area contributed by atoms with Crippen LogP contribution in [0.5, 0.6) is 0 Å². The van der Waals surface area contributed by atoms with Crippen molar-refractivity contribution in [3.05, 3.63) is 0 Å². The highest BCUT2D eigenvalue weighted by Gasteiger charge is 2.29. The Morgan fingerprint density at radius 1 is 0.643 bits per heavy atom. The van der Waals surface area contributed by atoms with Gasteiger partial charge in [0.15, 0.2) is 0 Å². The lowest BCUT2D eigenvalue weighted by molar-refractivity contribution is -0.159. The van der Waals surface area contributed by atoms with E-state index in [0.29, 0.717) is 19.4 Å². The van der Waals surface area contributed by atoms with E-state index in [1.54, 1.807) is 41.5 Å². The van der Waals surface area contributed by atoms with Crippen LogP contribution in [0.3, 0.4) is 0 Å². The number of unbranched alkanes of at least 4 members (excludes halogenated alkanes) is 1. The standard InChI is InChI=1S/C39H73N7O10/c1-38(2,3)55-36(51)29(40)18-20-33(48)46-31(37(52)56-39(4,5)6)19-21-32(47)42-23-24-53-25-26-54-27-34(49)45-30(17-13-14-22-43-41)35(50)44-28-15-11-9-7-8-10-12-16-28/h28-31,43H,7-27,40-41H2,1-6H3,(H,42,47)(H,44,50)(H,45,49)(H,46,48). The first kappa shape index (κ1) is 50.6. The van der Waals surface area contributed by atoms with E-state index in [9.17, 15) is 28.8 Å². The van der Waals surface area contributed by atoms with Crippen molar-refractivity contribution in [1.82, 2.24) is 26.7 Å². The molecule has 0 aromatic heterocycles. The molecule has 56 heavy (non-hydrogen) atoms. The highest BCUT2D eigenvalue weighted by Crippen LogP contribution is 2.18. The summed E-state index contributed by atoms with van der Waals surface area (Å²) in [7, 11) is 0. The van der Waals surface area contributed by atoms with Crippen molar-refractivity contribution in [2.45, 2.75) is 173 Å². The van der Waals surface area contributed by atoms with Crippen molar-refractivity contribution in [2.24, 2.45) is 11.6 Å². The van der Waals surface area contributed by atoms with Crippen LogP contribution in [0.25, 0.3) is 0 Å². The topological polar surface area (TPSA) is 252 Å². The van der Waals surface area contributed by atoms with Crippen LogP contribution >= 0.6 is 0 Å². The van der Waals surface area contributed by atoms with E-state index in [1.165, 1.54) is 25.7 Å². The van der Waals surface area contributed by atoms with Crippen LogP contribution in [-0.4, -0.2) is 110 Å². The predicted molar refractivity (Wildman–Crippen MR) is 212 cm³/mol. The van der Waals surface area contributed by atoms with Crippen LogP contribution in [-0.2, 0) is 47.7 Å². The number of carbonyl (C=O) groups excluding carboxylic acids is 6. The summed E-state index contributed by atoms with van der Waals surface area (Å²) in [6, 6.07) is -2.66. The first-order valence-electron chi connectivity index (χ1n) is 20.4. The van der Waals surface area contributed by atoms with Gasteiger partial charge in [0.25, 0.3) is 0 Å². The van der Waals surface area contributed by atoms with Crippen molar-refractivity contribution in [3.8, 4) is 0 Å². The molecule has 1 aliphatic rings. The second-order valence-electron chi connectivity index (χ2n) is 16.4. The maximum absolute atomic E-state index is 13.2. The molecule has 0 saturated heterocycles. The maximum Gasteiger partial charge on any atom is 0.329 e. The van der Waals surface area contributed by atoms with Gasteiger partial charge in [-0.1, -0.05) is 38.5 Å². The van der Waals surface area contributed by atoms with Gasteiger partial charge < -0.3 is 45.9 Å². The molecule has 0 radical (unpaired) electrons. The summed E-state index contributed by atoms with van der Waals surface area (Å²) in [6.07, 6.45) is 10.6. The fraction of sp³-hybridized carbons (Fsp3) is 0.846. The molecule has 4 amide bonds. The second kappa shape index (κ2) is 28.1. The van der Waals surface area contributed by atoms with E-state index in [4.69, 9.17) is 30.5 Å². The number of amides is 4. The molecular formula is C39H73N7O10. The molecule has 1 fully saturated rings. The number of hydrogen-bond donors (Lipinski definition) is 7. The minimum Gasteiger partial charge on any atom is -0.459 e. The molecule has 0 spiro atoms. The molecule has 0 bridgehead atoms. The smallest absolute Gasteiger partial charge is 0.329 e. The van der Waals surface area contributed by atoms with Crippen LogP contribution in [0, 0.1) is 0 Å². The average molecular weight is 800 g/mol. The molecule has 3 unspecified atom stereocenters. The van der Waals surface area contributed by atoms with Gasteiger partial charge in [-0.25, -0.2) is 4.79 Å². The molecule has 1 rings (SSSR count). The van der Waals surface area contributed by atoms with Gasteiger partial charge in [-0.05, 0) is 86.5 Å². The van der Waals surface area contributed by atoms with Crippen LogP contribution in [0.4, 0.5) is 0 Å². The Hall–Kier alpha value is -3.38. The summed E-state index contributed by atoms with van der Waals surface area (Å²) >= 11 is 0. The minimum absolute atomic E-state index is 0.00820. The first-order chi connectivity index (χ1) is 26.4. The molecule has 3 atom stereocenters. The quantitative estimate of drug-likeness (QED) is 0.0302. The molecule has 0 aliphatic heterocycles. The molecule has 1 saturated carbocycles. The zero-order chi connectivity index (χ0) is 42.0. The third kappa shape index (κ3) is 26.5. The van der Waals surface area contributed by atoms with Gasteiger partial charge in [-0.2, -0.15) is 0 Å². The fourth-order valence-corrected chi connectivity index (χ4v) is 5.84. The summed E-state index contributed by atoms with van der Waals surface area (Å²) in [5.41, 5.74) is 6.95. The van der Waals surface area contributed by atoms with Crippen molar-refractivity contribution in [1.29, 1.82) is 0 Å². The molecule has 0 heterocycles. The third-order valence-electron chi connectivity index (χ3n) is 8.67. The Morgan fingerprint density at radius 3 is 1.84 bits per heavy atom. The van der Waals surface area contributed by atoms with Gasteiger partial charge in [-0.3, -0.25) is 35.2 Å². The monoisotopic (exact) mass is 800 g/mol. The minimum atomic E-state index is -1.09. The molecule has 17 nitrogen and oxygen atoms in total. The van der Waals surface area contributed by atoms with Gasteiger partial charge in [0, 0.05) is 32.0 Å². The highest BCUT2D eigenvalue weighted by atomic mass is 16.6. The Kier molecular flexibility index (Phi) is 25.4. The van der Waals surface area contributed by atoms with E-state index in [-0.39, 0.29) is 76.5 Å². The lowest BCUT2D eigenvalue weighted by Gasteiger charge is -2.25. The van der Waals surface area contributed by atoms with Crippen LogP contribution in [0.1, 0.15) is 138 Å². The fourth-order valence-electron chi connectivity index (χ4n) is 5.84. The van der Waals surface area contributed by atoms with Crippen molar-refractivity contribution >= 4 is 35.6 Å². The third-order valence-corrected chi connectivity index (χ3v) is 8.67. The number of rotatable bonds is 25. The number of esters is 2. The van der Waals surface area contributed by atoms with Crippen molar-refractivity contribution < 1.29 is 47.7 Å². The Balaban J connectivity index is 2.44. The van der Waals surface area contributed by atoms with Crippen molar-refractivity contribution in [2.75, 3.05) is 39.5 Å². The molecule has 9 N–H and O–H groups in total. The summed E-state index contributed by atoms with van der Waals surface area (Å²) in [5, 5.41) is 11.3. The highest BCUT2D eigenvalue weighted by molar-refractivity contribution is 5.88. The Labute approximate surface area is 333 Å². The van der Waals surface area contributed by atoms with E-state index in [2.05, 4.69) is 26.7 Å². The molecule has 324 valence electrons. The van der Waals surface area contributed by atoms with Gasteiger partial charge >= 0.3 is 11.9 Å². The average Bonchev–Trinajstić information content (AvgIpc) is 3.23. The van der Waals surface area contributed by atoms with Gasteiger partial charge in [0.05, 0.1) is 19.8 Å². The number of hydrogen-bond acceptors (Lipinski definition) is 13. The molecule has 17 heteroatoms. The SMILES string of the molecule is CC(C)(C)OC(=O)C(N)CCC(=O)NC(CCC(=O)NCCOCCOCC(=O)NC(CCCCNN)C(=O)NC1CCCCCCCC1)C(=O)OC(C)(C)C. The summed E-state index contributed by atoms with van der Waals surface area (Å²) < 4.78 is 21.7. The van der Waals surface area contributed by atoms with Gasteiger partial charge in [0.2, 0.25) is 23.6 Å². The van der Waals surface area contributed by atoms with E-state index in [1.807, 2.05) is 0 Å². The predicted octanol–water partition coefficient (Wildman–Crippen LogP) is 1.93. The summed E-state index contributed by atoms with van der Waals surface area (Å²) in [6.45, 7) is 11.3. The van der Waals surface area contributed by atoms with Gasteiger partial charge in [-0.15, -0.1) is 0 Å². The lowest BCUT2D eigenvalue weighted by atomic mass is 10.0. The Morgan fingerprint density at radius 2 is 1.21 bits per heavy atom. The van der Waals surface area contributed by atoms with E-state index in [0.717, 1.165) is 32.1 Å². The van der Waals surface area contributed by atoms with Crippen LogP contribution < -0.4 is 38.3 Å².